The van der Waals surface area contributed by atoms with Crippen LogP contribution in [0.2, 0.25) is 0 Å². The van der Waals surface area contributed by atoms with Gasteiger partial charge in [-0.2, -0.15) is 0 Å². The maximum atomic E-state index is 9.67. The molecule has 0 heterocycles. The number of rotatable bonds is 4. The highest BCUT2D eigenvalue weighted by molar-refractivity contribution is 5.22. The molecule has 0 aromatic heterocycles. The van der Waals surface area contributed by atoms with Crippen LogP contribution >= 0.6 is 0 Å². The molecule has 0 unspecified atom stereocenters. The van der Waals surface area contributed by atoms with Gasteiger partial charge < -0.3 is 10.8 Å². The van der Waals surface area contributed by atoms with Crippen molar-refractivity contribution < 1.29 is 5.11 Å². The van der Waals surface area contributed by atoms with Gasteiger partial charge in [0.15, 0.2) is 0 Å². The van der Waals surface area contributed by atoms with Gasteiger partial charge in [-0.15, -0.1) is 0 Å². The van der Waals surface area contributed by atoms with Crippen molar-refractivity contribution in [2.45, 2.75) is 37.8 Å². The van der Waals surface area contributed by atoms with E-state index in [1.54, 1.807) is 0 Å². The highest BCUT2D eigenvalue weighted by atomic mass is 16.3. The van der Waals surface area contributed by atoms with Crippen molar-refractivity contribution in [1.29, 1.82) is 0 Å². The fourth-order valence-electron chi connectivity index (χ4n) is 1.61. The lowest BCUT2D eigenvalue weighted by Crippen LogP contribution is -2.07. The summed E-state index contributed by atoms with van der Waals surface area (Å²) < 4.78 is 0. The molecule has 2 nitrogen and oxygen atoms in total. The van der Waals surface area contributed by atoms with Crippen molar-refractivity contribution in [3.05, 3.63) is 35.4 Å². The van der Waals surface area contributed by atoms with Crippen LogP contribution in [0.3, 0.4) is 0 Å². The lowest BCUT2D eigenvalue weighted by molar-refractivity contribution is 0.140. The van der Waals surface area contributed by atoms with Crippen LogP contribution in [0.25, 0.3) is 0 Å². The zero-order valence-electron chi connectivity index (χ0n) is 8.37. The summed E-state index contributed by atoms with van der Waals surface area (Å²) in [4.78, 5) is 0. The first-order chi connectivity index (χ1) is 6.72. The molecule has 1 aromatic rings. The molecule has 1 fully saturated rings. The van der Waals surface area contributed by atoms with Crippen LogP contribution < -0.4 is 5.73 Å². The van der Waals surface area contributed by atoms with Crippen molar-refractivity contribution in [3.8, 4) is 0 Å². The summed E-state index contributed by atoms with van der Waals surface area (Å²) in [5.74, 6) is 0. The van der Waals surface area contributed by atoms with E-state index in [-0.39, 0.29) is 5.60 Å². The molecule has 76 valence electrons. The molecule has 2 heteroatoms. The summed E-state index contributed by atoms with van der Waals surface area (Å²) in [5.41, 5.74) is 7.65. The van der Waals surface area contributed by atoms with E-state index in [0.29, 0.717) is 6.54 Å². The van der Waals surface area contributed by atoms with Crippen molar-refractivity contribution >= 4 is 0 Å². The third-order valence-electron chi connectivity index (χ3n) is 2.96. The van der Waals surface area contributed by atoms with E-state index in [1.165, 1.54) is 11.1 Å². The molecule has 0 atom stereocenters. The number of aryl methyl sites for hydroxylation is 1. The number of hydrogen-bond donors (Lipinski definition) is 2. The van der Waals surface area contributed by atoms with Gasteiger partial charge in [-0.05, 0) is 36.8 Å². The first-order valence-electron chi connectivity index (χ1n) is 5.22. The molecule has 3 N–H and O–H groups in total. The van der Waals surface area contributed by atoms with Crippen LogP contribution in [0.15, 0.2) is 24.3 Å². The molecule has 14 heavy (non-hydrogen) atoms. The number of aliphatic hydroxyl groups is 1. The quantitative estimate of drug-likeness (QED) is 0.759. The number of nitrogens with two attached hydrogens (primary N) is 1. The highest BCUT2D eigenvalue weighted by Gasteiger charge is 2.39. The van der Waals surface area contributed by atoms with Gasteiger partial charge in [-0.1, -0.05) is 24.3 Å². The molecule has 1 aliphatic carbocycles. The second kappa shape index (κ2) is 3.71. The molecule has 0 spiro atoms. The minimum atomic E-state index is -0.327. The summed E-state index contributed by atoms with van der Waals surface area (Å²) in [6.45, 7) is 0.601. The van der Waals surface area contributed by atoms with Crippen LogP contribution in [0.4, 0.5) is 0 Å². The Balaban J connectivity index is 1.89. The third-order valence-corrected chi connectivity index (χ3v) is 2.96. The van der Waals surface area contributed by atoms with Crippen molar-refractivity contribution in [2.24, 2.45) is 5.73 Å². The SMILES string of the molecule is NCc1ccc(CCC2(O)CC2)cc1. The van der Waals surface area contributed by atoms with E-state index in [2.05, 4.69) is 24.3 Å². The number of hydrogen-bond acceptors (Lipinski definition) is 2. The standard InChI is InChI=1S/C12H17NO/c13-9-11-3-1-10(2-4-11)5-6-12(14)7-8-12/h1-4,14H,5-9,13H2. The lowest BCUT2D eigenvalue weighted by Gasteiger charge is -2.07. The second-order valence-electron chi connectivity index (χ2n) is 4.24. The van der Waals surface area contributed by atoms with Crippen LogP contribution in [-0.2, 0) is 13.0 Å². The van der Waals surface area contributed by atoms with Gasteiger partial charge in [0.25, 0.3) is 0 Å². The second-order valence-corrected chi connectivity index (χ2v) is 4.24. The molecular formula is C12H17NO. The molecule has 1 aliphatic rings. The van der Waals surface area contributed by atoms with Gasteiger partial charge in [0, 0.05) is 6.54 Å². The number of benzene rings is 1. The van der Waals surface area contributed by atoms with E-state index in [9.17, 15) is 5.11 Å². The Kier molecular flexibility index (Phi) is 2.57. The Morgan fingerprint density at radius 3 is 2.21 bits per heavy atom. The van der Waals surface area contributed by atoms with E-state index < -0.39 is 0 Å². The van der Waals surface area contributed by atoms with Crippen molar-refractivity contribution in [2.75, 3.05) is 0 Å². The van der Waals surface area contributed by atoms with Crippen molar-refractivity contribution in [1.82, 2.24) is 0 Å². The molecule has 1 aromatic carbocycles. The molecule has 0 radical (unpaired) electrons. The molecular weight excluding hydrogens is 174 g/mol. The molecule has 0 saturated heterocycles. The lowest BCUT2D eigenvalue weighted by atomic mass is 10.0. The fraction of sp³-hybridized carbons (Fsp3) is 0.500. The maximum absolute atomic E-state index is 9.67. The third kappa shape index (κ3) is 2.34. The minimum Gasteiger partial charge on any atom is -0.390 e. The predicted octanol–water partition coefficient (Wildman–Crippen LogP) is 1.60. The average molecular weight is 191 g/mol. The normalized spacial score (nSPS) is 18.1. The van der Waals surface area contributed by atoms with Gasteiger partial charge in [0.05, 0.1) is 5.60 Å². The van der Waals surface area contributed by atoms with E-state index in [4.69, 9.17) is 5.73 Å². The Hall–Kier alpha value is -0.860. The van der Waals surface area contributed by atoms with E-state index >= 15 is 0 Å². The van der Waals surface area contributed by atoms with Crippen LogP contribution in [0, 0.1) is 0 Å². The highest BCUT2D eigenvalue weighted by Crippen LogP contribution is 2.39. The first kappa shape index (κ1) is 9.69. The Labute approximate surface area is 84.7 Å². The Bertz CT molecular complexity index is 301. The predicted molar refractivity (Wildman–Crippen MR) is 56.8 cm³/mol. The summed E-state index contributed by atoms with van der Waals surface area (Å²) in [6.07, 6.45) is 3.83. The molecule has 0 bridgehead atoms. The molecule has 2 rings (SSSR count). The minimum absolute atomic E-state index is 0.327. The fourth-order valence-corrected chi connectivity index (χ4v) is 1.61. The van der Waals surface area contributed by atoms with Crippen LogP contribution in [-0.4, -0.2) is 10.7 Å². The van der Waals surface area contributed by atoms with Crippen molar-refractivity contribution in [3.63, 3.8) is 0 Å². The van der Waals surface area contributed by atoms with Gasteiger partial charge in [0.1, 0.15) is 0 Å². The summed E-state index contributed by atoms with van der Waals surface area (Å²) in [7, 11) is 0. The molecule has 0 amide bonds. The van der Waals surface area contributed by atoms with Gasteiger partial charge >= 0.3 is 0 Å². The zero-order valence-corrected chi connectivity index (χ0v) is 8.37. The average Bonchev–Trinajstić information content (AvgIpc) is 2.95. The van der Waals surface area contributed by atoms with E-state index in [1.807, 2.05) is 0 Å². The summed E-state index contributed by atoms with van der Waals surface area (Å²) in [6, 6.07) is 8.33. The largest absolute Gasteiger partial charge is 0.390 e. The van der Waals surface area contributed by atoms with Crippen LogP contribution in [0.5, 0.6) is 0 Å². The topological polar surface area (TPSA) is 46.2 Å². The van der Waals surface area contributed by atoms with Gasteiger partial charge in [-0.3, -0.25) is 0 Å². The monoisotopic (exact) mass is 191 g/mol. The first-order valence-corrected chi connectivity index (χ1v) is 5.22. The van der Waals surface area contributed by atoms with Crippen LogP contribution in [0.1, 0.15) is 30.4 Å². The summed E-state index contributed by atoms with van der Waals surface area (Å²) >= 11 is 0. The van der Waals surface area contributed by atoms with Gasteiger partial charge in [-0.25, -0.2) is 0 Å². The Morgan fingerprint density at radius 1 is 1.14 bits per heavy atom. The Morgan fingerprint density at radius 2 is 1.71 bits per heavy atom. The maximum Gasteiger partial charge on any atom is 0.0653 e. The summed E-state index contributed by atoms with van der Waals surface area (Å²) in [5, 5.41) is 9.67. The zero-order chi connectivity index (χ0) is 10.0. The van der Waals surface area contributed by atoms with Gasteiger partial charge in [0.2, 0.25) is 0 Å². The molecule has 1 saturated carbocycles. The molecule has 0 aliphatic heterocycles. The van der Waals surface area contributed by atoms with E-state index in [0.717, 1.165) is 25.7 Å². The smallest absolute Gasteiger partial charge is 0.0653 e.